The zero-order valence-electron chi connectivity index (χ0n) is 16.2. The van der Waals surface area contributed by atoms with E-state index in [0.29, 0.717) is 28.4 Å². The van der Waals surface area contributed by atoms with E-state index in [1.165, 1.54) is 44.6 Å². The van der Waals surface area contributed by atoms with Gasteiger partial charge in [-0.3, -0.25) is 19.7 Å². The van der Waals surface area contributed by atoms with Gasteiger partial charge in [-0.2, -0.15) is 5.10 Å². The van der Waals surface area contributed by atoms with Crippen molar-refractivity contribution in [3.8, 4) is 22.8 Å². The number of non-ortho nitro benzene ring substituents is 1. The second kappa shape index (κ2) is 8.86. The number of methoxy groups -OCH3 is 2. The molecule has 10 nitrogen and oxygen atoms in total. The molecule has 1 amide bonds. The fourth-order valence-electron chi connectivity index (χ4n) is 2.75. The molecule has 2 aromatic carbocycles. The van der Waals surface area contributed by atoms with Gasteiger partial charge in [0.2, 0.25) is 5.91 Å². The number of hydrogen-bond donors (Lipinski definition) is 1. The first kappa shape index (κ1) is 20.5. The number of nitro groups is 1. The number of rotatable bonds is 7. The first-order valence-corrected chi connectivity index (χ1v) is 8.76. The SMILES string of the molecule is COc1ccc(NC(=O)Cn2nc(-c3cccc([N+](=O)[O-])c3)ccc2=O)cc1OC. The van der Waals surface area contributed by atoms with Crippen molar-refractivity contribution in [2.45, 2.75) is 6.54 Å². The van der Waals surface area contributed by atoms with Crippen molar-refractivity contribution in [2.24, 2.45) is 0 Å². The molecule has 0 unspecified atom stereocenters. The lowest BCUT2D eigenvalue weighted by molar-refractivity contribution is -0.384. The van der Waals surface area contributed by atoms with Crippen LogP contribution >= 0.6 is 0 Å². The van der Waals surface area contributed by atoms with Crippen molar-refractivity contribution >= 4 is 17.3 Å². The van der Waals surface area contributed by atoms with Crippen LogP contribution in [-0.2, 0) is 11.3 Å². The molecule has 1 aromatic heterocycles. The van der Waals surface area contributed by atoms with Crippen LogP contribution in [0.2, 0.25) is 0 Å². The molecule has 3 rings (SSSR count). The molecule has 0 saturated heterocycles. The Morgan fingerprint density at radius 2 is 1.87 bits per heavy atom. The summed E-state index contributed by atoms with van der Waals surface area (Å²) in [6.45, 7) is -0.337. The summed E-state index contributed by atoms with van der Waals surface area (Å²) in [5.41, 5.74) is 0.667. The van der Waals surface area contributed by atoms with Crippen LogP contribution in [0.5, 0.6) is 11.5 Å². The van der Waals surface area contributed by atoms with E-state index in [0.717, 1.165) is 4.68 Å². The Hall–Kier alpha value is -4.21. The van der Waals surface area contributed by atoms with E-state index >= 15 is 0 Å². The Kier molecular flexibility index (Phi) is 6.06. The number of nitrogens with zero attached hydrogens (tertiary/aromatic N) is 3. The Balaban J connectivity index is 1.81. The average molecular weight is 410 g/mol. The molecule has 10 heteroatoms. The fourth-order valence-corrected chi connectivity index (χ4v) is 2.75. The number of hydrogen-bond acceptors (Lipinski definition) is 7. The lowest BCUT2D eigenvalue weighted by atomic mass is 10.1. The number of benzene rings is 2. The van der Waals surface area contributed by atoms with Crippen molar-refractivity contribution in [1.29, 1.82) is 0 Å². The van der Waals surface area contributed by atoms with Crippen LogP contribution in [0.1, 0.15) is 0 Å². The van der Waals surface area contributed by atoms with E-state index in [4.69, 9.17) is 9.47 Å². The van der Waals surface area contributed by atoms with Gasteiger partial charge in [-0.1, -0.05) is 12.1 Å². The molecule has 0 radical (unpaired) electrons. The number of carbonyl (C=O) groups is 1. The van der Waals surface area contributed by atoms with Gasteiger partial charge in [0.1, 0.15) is 6.54 Å². The van der Waals surface area contributed by atoms with E-state index in [-0.39, 0.29) is 12.2 Å². The summed E-state index contributed by atoms with van der Waals surface area (Å²) >= 11 is 0. The second-order valence-electron chi connectivity index (χ2n) is 6.14. The van der Waals surface area contributed by atoms with Crippen molar-refractivity contribution in [1.82, 2.24) is 9.78 Å². The minimum atomic E-state index is -0.518. The quantitative estimate of drug-likeness (QED) is 0.468. The van der Waals surface area contributed by atoms with Gasteiger partial charge >= 0.3 is 0 Å². The Labute approximate surface area is 170 Å². The van der Waals surface area contributed by atoms with Gasteiger partial charge in [0.05, 0.1) is 24.8 Å². The number of nitro benzene ring substituents is 1. The first-order chi connectivity index (χ1) is 14.4. The van der Waals surface area contributed by atoms with Crippen molar-refractivity contribution in [2.75, 3.05) is 19.5 Å². The third kappa shape index (κ3) is 4.61. The van der Waals surface area contributed by atoms with Gasteiger partial charge < -0.3 is 14.8 Å². The normalized spacial score (nSPS) is 10.3. The van der Waals surface area contributed by atoms with Crippen LogP contribution in [0.25, 0.3) is 11.3 Å². The number of ether oxygens (including phenoxy) is 2. The minimum absolute atomic E-state index is 0.0988. The highest BCUT2D eigenvalue weighted by molar-refractivity contribution is 5.90. The zero-order valence-corrected chi connectivity index (χ0v) is 16.2. The molecule has 0 aliphatic rings. The molecule has 0 fully saturated rings. The van der Waals surface area contributed by atoms with Crippen LogP contribution in [0.4, 0.5) is 11.4 Å². The number of carbonyl (C=O) groups excluding carboxylic acids is 1. The molecule has 0 saturated carbocycles. The average Bonchev–Trinajstić information content (AvgIpc) is 2.75. The largest absolute Gasteiger partial charge is 0.493 e. The standard InChI is InChI=1S/C20H18N4O6/c1-29-17-8-6-14(11-18(17)30-2)21-19(25)12-23-20(26)9-7-16(22-23)13-4-3-5-15(10-13)24(27)28/h3-11H,12H2,1-2H3,(H,21,25). The molecule has 0 atom stereocenters. The Bertz CT molecular complexity index is 1160. The van der Waals surface area contributed by atoms with Crippen molar-refractivity contribution in [3.63, 3.8) is 0 Å². The molecule has 3 aromatic rings. The summed E-state index contributed by atoms with van der Waals surface area (Å²) in [4.78, 5) is 35.0. The lowest BCUT2D eigenvalue weighted by Gasteiger charge is -2.11. The van der Waals surface area contributed by atoms with Crippen LogP contribution in [0.3, 0.4) is 0 Å². The third-order valence-corrected chi connectivity index (χ3v) is 4.18. The van der Waals surface area contributed by atoms with E-state index in [1.807, 2.05) is 0 Å². The maximum Gasteiger partial charge on any atom is 0.270 e. The number of anilines is 1. The molecule has 30 heavy (non-hydrogen) atoms. The van der Waals surface area contributed by atoms with Gasteiger partial charge in [-0.15, -0.1) is 0 Å². The highest BCUT2D eigenvalue weighted by atomic mass is 16.6. The van der Waals surface area contributed by atoms with Crippen LogP contribution in [0, 0.1) is 10.1 Å². The minimum Gasteiger partial charge on any atom is -0.493 e. The predicted octanol–water partition coefficient (Wildman–Crippen LogP) is 2.47. The van der Waals surface area contributed by atoms with Gasteiger partial charge in [-0.05, 0) is 18.2 Å². The summed E-state index contributed by atoms with van der Waals surface area (Å²) in [6, 6.07) is 13.4. The van der Waals surface area contributed by atoms with Crippen LogP contribution in [0.15, 0.2) is 59.4 Å². The van der Waals surface area contributed by atoms with Crippen molar-refractivity contribution < 1.29 is 19.2 Å². The van der Waals surface area contributed by atoms with Gasteiger partial charge in [0, 0.05) is 35.5 Å². The summed E-state index contributed by atoms with van der Waals surface area (Å²) < 4.78 is 11.3. The Morgan fingerprint density at radius 1 is 1.10 bits per heavy atom. The Morgan fingerprint density at radius 3 is 2.57 bits per heavy atom. The highest BCUT2D eigenvalue weighted by Crippen LogP contribution is 2.29. The van der Waals surface area contributed by atoms with Crippen LogP contribution < -0.4 is 20.3 Å². The molecule has 154 valence electrons. The maximum atomic E-state index is 12.4. The molecule has 1 N–H and O–H groups in total. The molecule has 0 aliphatic carbocycles. The molecule has 0 spiro atoms. The van der Waals surface area contributed by atoms with E-state index < -0.39 is 16.4 Å². The van der Waals surface area contributed by atoms with Crippen LogP contribution in [-0.4, -0.2) is 34.8 Å². The van der Waals surface area contributed by atoms with Gasteiger partial charge in [-0.25, -0.2) is 4.68 Å². The third-order valence-electron chi connectivity index (χ3n) is 4.18. The number of amides is 1. The zero-order chi connectivity index (χ0) is 21.7. The molecule has 1 heterocycles. The number of aromatic nitrogens is 2. The molecule has 0 aliphatic heterocycles. The first-order valence-electron chi connectivity index (χ1n) is 8.76. The van der Waals surface area contributed by atoms with Gasteiger partial charge in [0.25, 0.3) is 11.2 Å². The summed E-state index contributed by atoms with van der Waals surface area (Å²) in [7, 11) is 2.98. The highest BCUT2D eigenvalue weighted by Gasteiger charge is 2.12. The lowest BCUT2D eigenvalue weighted by Crippen LogP contribution is -2.29. The van der Waals surface area contributed by atoms with E-state index in [1.54, 1.807) is 24.3 Å². The second-order valence-corrected chi connectivity index (χ2v) is 6.14. The van der Waals surface area contributed by atoms with E-state index in [2.05, 4.69) is 10.4 Å². The van der Waals surface area contributed by atoms with Crippen molar-refractivity contribution in [3.05, 3.63) is 75.1 Å². The summed E-state index contributed by atoms with van der Waals surface area (Å²) in [5.74, 6) is 0.476. The molecular weight excluding hydrogens is 392 g/mol. The van der Waals surface area contributed by atoms with E-state index in [9.17, 15) is 19.7 Å². The summed E-state index contributed by atoms with van der Waals surface area (Å²) in [5, 5.41) is 17.8. The van der Waals surface area contributed by atoms with Gasteiger partial charge in [0.15, 0.2) is 11.5 Å². The monoisotopic (exact) mass is 410 g/mol. The maximum absolute atomic E-state index is 12.4. The predicted molar refractivity (Wildman–Crippen MR) is 109 cm³/mol. The topological polar surface area (TPSA) is 126 Å². The molecule has 0 bridgehead atoms. The number of nitrogens with one attached hydrogen (secondary N) is 1. The summed E-state index contributed by atoms with van der Waals surface area (Å²) in [6.07, 6.45) is 0. The smallest absolute Gasteiger partial charge is 0.270 e. The fraction of sp³-hybridized carbons (Fsp3) is 0.150. The molecular formula is C20H18N4O6.